The molecule has 0 saturated carbocycles. The van der Waals surface area contributed by atoms with Gasteiger partial charge in [0.05, 0.1) is 16.8 Å². The first-order valence-corrected chi connectivity index (χ1v) is 24.8. The van der Waals surface area contributed by atoms with Gasteiger partial charge in [-0.1, -0.05) is 257 Å². The van der Waals surface area contributed by atoms with Crippen LogP contribution < -0.4 is 4.90 Å². The highest BCUT2D eigenvalue weighted by Crippen LogP contribution is 2.58. The average Bonchev–Trinajstić information content (AvgIpc) is 3.87. The number of hydrogen-bond acceptors (Lipinski definition) is 1. The van der Waals surface area contributed by atoms with Crippen molar-refractivity contribution in [2.45, 2.75) is 24.7 Å². The number of benzene rings is 11. The van der Waals surface area contributed by atoms with Gasteiger partial charge in [0.15, 0.2) is 0 Å². The molecular formula is C70H51N. The minimum Gasteiger partial charge on any atom is -0.309 e. The summed E-state index contributed by atoms with van der Waals surface area (Å²) in [5.74, 6) is 0. The zero-order valence-electron chi connectivity index (χ0n) is 39.9. The first-order chi connectivity index (χ1) is 35.0. The summed E-state index contributed by atoms with van der Waals surface area (Å²) >= 11 is 0. The SMILES string of the molecule is CC1(C)c2ccccc2-c2cc(N(c3cc(-c4ccccc4)ccc3-c3ccc4c(c3)C(c3ccccc3)(c3ccccc3)c3ccccc3-4)c3cccc(-c4ccccc4)c3-c3ccccc3)ccc21. The molecule has 11 aromatic rings. The molecule has 0 aromatic heterocycles. The van der Waals surface area contributed by atoms with Gasteiger partial charge < -0.3 is 4.90 Å². The second kappa shape index (κ2) is 17.0. The number of nitrogens with zero attached hydrogens (tertiary/aromatic N) is 1. The first kappa shape index (κ1) is 42.3. The molecule has 1 heteroatoms. The maximum atomic E-state index is 2.56. The van der Waals surface area contributed by atoms with Crippen LogP contribution in [0.5, 0.6) is 0 Å². The first-order valence-electron chi connectivity index (χ1n) is 24.8. The van der Waals surface area contributed by atoms with Crippen molar-refractivity contribution in [3.63, 3.8) is 0 Å². The van der Waals surface area contributed by atoms with E-state index in [2.05, 4.69) is 292 Å². The van der Waals surface area contributed by atoms with Gasteiger partial charge in [-0.25, -0.2) is 0 Å². The van der Waals surface area contributed by atoms with E-state index >= 15 is 0 Å². The summed E-state index contributed by atoms with van der Waals surface area (Å²) in [7, 11) is 0. The van der Waals surface area contributed by atoms with Crippen LogP contribution in [-0.4, -0.2) is 0 Å². The van der Waals surface area contributed by atoms with Crippen molar-refractivity contribution in [1.82, 2.24) is 0 Å². The lowest BCUT2D eigenvalue weighted by molar-refractivity contribution is 0.660. The van der Waals surface area contributed by atoms with Gasteiger partial charge in [-0.15, -0.1) is 0 Å². The molecule has 1 nitrogen and oxygen atoms in total. The van der Waals surface area contributed by atoms with E-state index in [1.165, 1.54) is 77.9 Å². The summed E-state index contributed by atoms with van der Waals surface area (Å²) < 4.78 is 0. The van der Waals surface area contributed by atoms with E-state index in [9.17, 15) is 0 Å². The van der Waals surface area contributed by atoms with Crippen LogP contribution in [0.2, 0.25) is 0 Å². The molecule has 0 saturated heterocycles. The Morgan fingerprint density at radius 1 is 0.268 bits per heavy atom. The summed E-state index contributed by atoms with van der Waals surface area (Å²) in [4.78, 5) is 2.56. The summed E-state index contributed by atoms with van der Waals surface area (Å²) in [6.07, 6.45) is 0. The van der Waals surface area contributed by atoms with E-state index < -0.39 is 5.41 Å². The van der Waals surface area contributed by atoms with Crippen molar-refractivity contribution >= 4 is 17.1 Å². The van der Waals surface area contributed by atoms with Crippen molar-refractivity contribution in [3.05, 3.63) is 306 Å². The maximum Gasteiger partial charge on any atom is 0.0713 e. The Morgan fingerprint density at radius 3 is 1.42 bits per heavy atom. The normalized spacial score (nSPS) is 13.4. The largest absolute Gasteiger partial charge is 0.309 e. The Balaban J connectivity index is 1.13. The molecule has 2 aliphatic carbocycles. The highest BCUT2D eigenvalue weighted by atomic mass is 15.1. The zero-order valence-corrected chi connectivity index (χ0v) is 39.9. The van der Waals surface area contributed by atoms with E-state index in [1.54, 1.807) is 0 Å². The second-order valence-electron chi connectivity index (χ2n) is 19.6. The molecule has 0 bridgehead atoms. The fraction of sp³-hybridized carbons (Fsp3) is 0.0571. The standard InChI is InChI=1S/C70H51N/c1-69(2)62-36-20-18-34-59(62)61-47-55(41-44-63(61)69)71(66-38-22-35-57(49-25-10-4-11-26-49)68(66)50-27-12-5-13-28-50)67-46-51(48-23-8-3-9-24-48)39-42-56(67)52-40-43-60-58-33-19-21-37-64(58)70(65(60)45-52,53-29-14-6-15-30-53)54-31-16-7-17-32-54/h3-47H,1-2H3. The Morgan fingerprint density at radius 2 is 0.761 bits per heavy atom. The summed E-state index contributed by atoms with van der Waals surface area (Å²) in [5.41, 5.74) is 24.8. The van der Waals surface area contributed by atoms with Gasteiger partial charge in [0.25, 0.3) is 0 Å². The summed E-state index contributed by atoms with van der Waals surface area (Å²) in [6, 6.07) is 101. The van der Waals surface area contributed by atoms with Crippen LogP contribution in [0.4, 0.5) is 17.1 Å². The molecule has 0 aliphatic heterocycles. The van der Waals surface area contributed by atoms with Gasteiger partial charge in [0.1, 0.15) is 0 Å². The van der Waals surface area contributed by atoms with Crippen LogP contribution >= 0.6 is 0 Å². The molecule has 0 N–H and O–H groups in total. The van der Waals surface area contributed by atoms with E-state index in [0.717, 1.165) is 39.3 Å². The second-order valence-corrected chi connectivity index (χ2v) is 19.6. The molecule has 0 amide bonds. The molecule has 13 rings (SSSR count). The van der Waals surface area contributed by atoms with Crippen molar-refractivity contribution in [2.24, 2.45) is 0 Å². The third-order valence-corrected chi connectivity index (χ3v) is 15.4. The van der Waals surface area contributed by atoms with Gasteiger partial charge in [-0.05, 0) is 119 Å². The minimum absolute atomic E-state index is 0.137. The molecule has 0 atom stereocenters. The molecule has 0 fully saturated rings. The van der Waals surface area contributed by atoms with Crippen LogP contribution in [0.3, 0.4) is 0 Å². The molecule has 0 spiro atoms. The highest BCUT2D eigenvalue weighted by Gasteiger charge is 2.46. The lowest BCUT2D eigenvalue weighted by Gasteiger charge is -2.34. The van der Waals surface area contributed by atoms with Gasteiger partial charge in [0, 0.05) is 22.2 Å². The van der Waals surface area contributed by atoms with Crippen LogP contribution in [-0.2, 0) is 10.8 Å². The molecule has 0 radical (unpaired) electrons. The quantitative estimate of drug-likeness (QED) is 0.139. The van der Waals surface area contributed by atoms with Crippen molar-refractivity contribution < 1.29 is 0 Å². The van der Waals surface area contributed by atoms with E-state index in [0.29, 0.717) is 0 Å². The average molecular weight is 906 g/mol. The predicted molar refractivity (Wildman–Crippen MR) is 298 cm³/mol. The van der Waals surface area contributed by atoms with E-state index in [1.807, 2.05) is 0 Å². The van der Waals surface area contributed by atoms with Crippen LogP contribution in [0, 0.1) is 0 Å². The molecule has 0 heterocycles. The number of hydrogen-bond donors (Lipinski definition) is 0. The summed E-state index contributed by atoms with van der Waals surface area (Å²) in [5, 5.41) is 0. The molecule has 336 valence electrons. The van der Waals surface area contributed by atoms with Gasteiger partial charge in [-0.3, -0.25) is 0 Å². The lowest BCUT2D eigenvalue weighted by Crippen LogP contribution is -2.28. The van der Waals surface area contributed by atoms with Crippen molar-refractivity contribution in [3.8, 4) is 66.8 Å². The smallest absolute Gasteiger partial charge is 0.0713 e. The molecular weight excluding hydrogens is 855 g/mol. The Bertz CT molecular complexity index is 3720. The Hall–Kier alpha value is -8.78. The number of anilines is 3. The third kappa shape index (κ3) is 6.76. The topological polar surface area (TPSA) is 3.24 Å². The Kier molecular flexibility index (Phi) is 10.1. The number of rotatable bonds is 9. The summed E-state index contributed by atoms with van der Waals surface area (Å²) in [6.45, 7) is 4.73. The van der Waals surface area contributed by atoms with Gasteiger partial charge in [0.2, 0.25) is 0 Å². The van der Waals surface area contributed by atoms with E-state index in [-0.39, 0.29) is 5.41 Å². The molecule has 2 aliphatic rings. The fourth-order valence-corrected chi connectivity index (χ4v) is 12.1. The third-order valence-electron chi connectivity index (χ3n) is 15.4. The van der Waals surface area contributed by atoms with Gasteiger partial charge >= 0.3 is 0 Å². The lowest BCUT2D eigenvalue weighted by atomic mass is 9.67. The minimum atomic E-state index is -0.543. The number of fused-ring (bicyclic) bond motifs is 6. The molecule has 0 unspecified atom stereocenters. The Labute approximate surface area is 417 Å². The van der Waals surface area contributed by atoms with Crippen LogP contribution in [0.15, 0.2) is 273 Å². The van der Waals surface area contributed by atoms with E-state index in [4.69, 9.17) is 0 Å². The fourth-order valence-electron chi connectivity index (χ4n) is 12.1. The van der Waals surface area contributed by atoms with Crippen LogP contribution in [0.25, 0.3) is 66.8 Å². The van der Waals surface area contributed by atoms with Crippen molar-refractivity contribution in [1.29, 1.82) is 0 Å². The maximum absolute atomic E-state index is 2.56. The monoisotopic (exact) mass is 905 g/mol. The zero-order chi connectivity index (χ0) is 47.5. The highest BCUT2D eigenvalue weighted by molar-refractivity contribution is 6.01. The van der Waals surface area contributed by atoms with Gasteiger partial charge in [-0.2, -0.15) is 0 Å². The molecule has 71 heavy (non-hydrogen) atoms. The molecule has 11 aromatic carbocycles. The predicted octanol–water partition coefficient (Wildman–Crippen LogP) is 18.5. The van der Waals surface area contributed by atoms with Crippen LogP contribution in [0.1, 0.15) is 47.2 Å². The van der Waals surface area contributed by atoms with Crippen molar-refractivity contribution in [2.75, 3.05) is 4.90 Å².